The lowest BCUT2D eigenvalue weighted by atomic mass is 10.1. The van der Waals surface area contributed by atoms with E-state index in [-0.39, 0.29) is 27.5 Å². The van der Waals surface area contributed by atoms with Crippen LogP contribution in [-0.4, -0.2) is 44.3 Å². The van der Waals surface area contributed by atoms with Crippen molar-refractivity contribution in [3.63, 3.8) is 0 Å². The highest BCUT2D eigenvalue weighted by molar-refractivity contribution is 7.91. The van der Waals surface area contributed by atoms with Gasteiger partial charge in [0, 0.05) is 6.42 Å². The van der Waals surface area contributed by atoms with E-state index in [1.807, 2.05) is 6.92 Å². The quantitative estimate of drug-likeness (QED) is 0.650. The van der Waals surface area contributed by atoms with Gasteiger partial charge in [-0.2, -0.15) is 0 Å². The van der Waals surface area contributed by atoms with Crippen LogP contribution in [0.1, 0.15) is 31.9 Å². The van der Waals surface area contributed by atoms with Crippen LogP contribution in [0.15, 0.2) is 52.3 Å². The van der Waals surface area contributed by atoms with Crippen molar-refractivity contribution in [1.29, 1.82) is 0 Å². The molecule has 2 N–H and O–H groups in total. The molecule has 0 fully saturated rings. The number of phenols is 1. The Morgan fingerprint density at radius 1 is 1.10 bits per heavy atom. The van der Waals surface area contributed by atoms with Crippen LogP contribution in [0, 0.1) is 6.92 Å². The molecule has 0 bridgehead atoms. The van der Waals surface area contributed by atoms with Gasteiger partial charge in [-0.25, -0.2) is 18.0 Å². The number of amides is 1. The van der Waals surface area contributed by atoms with E-state index in [1.165, 1.54) is 24.3 Å². The van der Waals surface area contributed by atoms with E-state index in [9.17, 15) is 23.1 Å². The number of benzene rings is 2. The van der Waals surface area contributed by atoms with Crippen LogP contribution in [0.3, 0.4) is 0 Å². The number of rotatable bonds is 6. The van der Waals surface area contributed by atoms with Gasteiger partial charge in [0.15, 0.2) is 0 Å². The van der Waals surface area contributed by atoms with Crippen molar-refractivity contribution in [3.05, 3.63) is 53.6 Å². The first kappa shape index (κ1) is 24.2. The summed E-state index contributed by atoms with van der Waals surface area (Å²) < 4.78 is 36.4. The molecule has 9 heteroatoms. The highest BCUT2D eigenvalue weighted by Crippen LogP contribution is 2.29. The molecule has 8 nitrogen and oxygen atoms in total. The molecule has 168 valence electrons. The minimum atomic E-state index is -4.00. The normalized spacial score (nSPS) is 12.7. The summed E-state index contributed by atoms with van der Waals surface area (Å²) in [6.07, 6.45) is -1.03. The first-order valence-electron chi connectivity index (χ1n) is 9.54. The summed E-state index contributed by atoms with van der Waals surface area (Å²) in [4.78, 5) is 24.3. The van der Waals surface area contributed by atoms with E-state index in [0.717, 1.165) is 18.7 Å². The van der Waals surface area contributed by atoms with Crippen molar-refractivity contribution in [3.8, 4) is 5.75 Å². The zero-order valence-electron chi connectivity index (χ0n) is 18.1. The molecule has 0 aliphatic rings. The number of hydrogen-bond acceptors (Lipinski definition) is 7. The van der Waals surface area contributed by atoms with Gasteiger partial charge in [-0.1, -0.05) is 23.8 Å². The minimum Gasteiger partial charge on any atom is -0.508 e. The monoisotopic (exact) mass is 449 g/mol. The second-order valence-corrected chi connectivity index (χ2v) is 9.95. The van der Waals surface area contributed by atoms with Crippen molar-refractivity contribution in [2.45, 2.75) is 55.5 Å². The Balaban J connectivity index is 2.43. The van der Waals surface area contributed by atoms with Gasteiger partial charge in [0.1, 0.15) is 17.4 Å². The lowest BCUT2D eigenvalue weighted by Crippen LogP contribution is -2.45. The lowest BCUT2D eigenvalue weighted by molar-refractivity contribution is -0.143. The van der Waals surface area contributed by atoms with E-state index in [0.29, 0.717) is 0 Å². The van der Waals surface area contributed by atoms with E-state index in [4.69, 9.17) is 9.47 Å². The first-order valence-corrected chi connectivity index (χ1v) is 11.0. The number of ether oxygens (including phenoxy) is 2. The number of aromatic hydroxyl groups is 1. The average Bonchev–Trinajstić information content (AvgIpc) is 2.66. The molecule has 0 aliphatic carbocycles. The molecule has 1 atom stereocenters. The Bertz CT molecular complexity index is 1050. The zero-order chi connectivity index (χ0) is 23.4. The van der Waals surface area contributed by atoms with Gasteiger partial charge in [-0.05, 0) is 57.5 Å². The molecule has 2 rings (SSSR count). The largest absolute Gasteiger partial charge is 0.508 e. The van der Waals surface area contributed by atoms with E-state index in [1.54, 1.807) is 32.9 Å². The summed E-state index contributed by atoms with van der Waals surface area (Å²) in [5.41, 5.74) is 0.329. The van der Waals surface area contributed by atoms with Crippen molar-refractivity contribution >= 4 is 21.9 Å². The number of aryl methyl sites for hydroxylation is 1. The molecular weight excluding hydrogens is 422 g/mol. The van der Waals surface area contributed by atoms with Crippen molar-refractivity contribution in [1.82, 2.24) is 5.32 Å². The van der Waals surface area contributed by atoms with Crippen LogP contribution in [-0.2, 0) is 30.5 Å². The third-order valence-corrected chi connectivity index (χ3v) is 6.12. The van der Waals surface area contributed by atoms with E-state index in [2.05, 4.69) is 5.32 Å². The van der Waals surface area contributed by atoms with Gasteiger partial charge in [0.25, 0.3) is 0 Å². The number of esters is 1. The van der Waals surface area contributed by atoms with Crippen molar-refractivity contribution < 1.29 is 32.6 Å². The van der Waals surface area contributed by atoms with Crippen LogP contribution in [0.2, 0.25) is 0 Å². The maximum Gasteiger partial charge on any atom is 0.408 e. The van der Waals surface area contributed by atoms with Gasteiger partial charge < -0.3 is 19.9 Å². The molecule has 0 saturated heterocycles. The zero-order valence-corrected chi connectivity index (χ0v) is 18.9. The van der Waals surface area contributed by atoms with Crippen LogP contribution in [0.5, 0.6) is 5.75 Å². The minimum absolute atomic E-state index is 0.0414. The fraction of sp³-hybridized carbons (Fsp3) is 0.364. The summed E-state index contributed by atoms with van der Waals surface area (Å²) in [6.45, 7) is 6.85. The summed E-state index contributed by atoms with van der Waals surface area (Å²) >= 11 is 0. The third kappa shape index (κ3) is 6.45. The molecule has 0 aromatic heterocycles. The number of methoxy groups -OCH3 is 1. The number of carbonyl (C=O) groups is 2. The molecular formula is C22H27NO7S. The second-order valence-electron chi connectivity index (χ2n) is 8.03. The molecule has 0 saturated carbocycles. The van der Waals surface area contributed by atoms with Gasteiger partial charge >= 0.3 is 12.1 Å². The molecule has 2 aromatic rings. The Kier molecular flexibility index (Phi) is 7.32. The smallest absolute Gasteiger partial charge is 0.408 e. The maximum absolute atomic E-state index is 13.2. The number of nitrogens with one attached hydrogen (secondary N) is 1. The highest BCUT2D eigenvalue weighted by atomic mass is 32.2. The number of alkyl carbamates (subject to hydrolysis) is 1. The molecule has 1 amide bonds. The number of carbonyl (C=O) groups excluding carboxylic acids is 2. The van der Waals surface area contributed by atoms with Gasteiger partial charge in [0.05, 0.1) is 16.9 Å². The predicted molar refractivity (Wildman–Crippen MR) is 114 cm³/mol. The van der Waals surface area contributed by atoms with Crippen LogP contribution in [0.4, 0.5) is 4.79 Å². The van der Waals surface area contributed by atoms with Gasteiger partial charge in [-0.15, -0.1) is 0 Å². The van der Waals surface area contributed by atoms with Crippen LogP contribution < -0.4 is 5.32 Å². The fourth-order valence-electron chi connectivity index (χ4n) is 2.81. The number of phenolic OH excluding ortho intramolecular Hbond substituents is 1. The molecule has 31 heavy (non-hydrogen) atoms. The van der Waals surface area contributed by atoms with Crippen molar-refractivity contribution in [2.75, 3.05) is 7.11 Å². The van der Waals surface area contributed by atoms with Gasteiger partial charge in [-0.3, -0.25) is 0 Å². The van der Waals surface area contributed by atoms with Gasteiger partial charge in [0.2, 0.25) is 9.84 Å². The number of sulfone groups is 1. The Labute approximate surface area is 182 Å². The number of hydrogen-bond donors (Lipinski definition) is 2. The fourth-order valence-corrected chi connectivity index (χ4v) is 4.33. The maximum atomic E-state index is 13.2. The summed E-state index contributed by atoms with van der Waals surface area (Å²) in [5.74, 6) is -1.01. The summed E-state index contributed by atoms with van der Waals surface area (Å²) in [7, 11) is -2.84. The molecule has 0 heterocycles. The predicted octanol–water partition coefficient (Wildman–Crippen LogP) is 3.14. The standard InChI is InChI=1S/C22H27NO7S/c1-14-6-10-17(11-7-14)31(27,28)19-13-16(24)9-8-15(19)12-18(20(25)29-5)23-21(26)30-22(2,3)4/h6-11,13,18,24H,12H2,1-5H3,(H,23,26)/t18-/m0/s1. The molecule has 0 aliphatic heterocycles. The molecule has 0 unspecified atom stereocenters. The second kappa shape index (κ2) is 9.38. The first-order chi connectivity index (χ1) is 14.3. The van der Waals surface area contributed by atoms with Crippen LogP contribution >= 0.6 is 0 Å². The summed E-state index contributed by atoms with van der Waals surface area (Å²) in [5, 5.41) is 12.3. The van der Waals surface area contributed by atoms with Crippen molar-refractivity contribution in [2.24, 2.45) is 0 Å². The average molecular weight is 450 g/mol. The third-order valence-electron chi connectivity index (χ3n) is 4.27. The van der Waals surface area contributed by atoms with E-state index >= 15 is 0 Å². The molecule has 2 aromatic carbocycles. The van der Waals surface area contributed by atoms with E-state index < -0.39 is 33.5 Å². The SMILES string of the molecule is COC(=O)[C@H](Cc1ccc(O)cc1S(=O)(=O)c1ccc(C)cc1)NC(=O)OC(C)(C)C. The Hall–Kier alpha value is -3.07. The Morgan fingerprint density at radius 3 is 2.26 bits per heavy atom. The Morgan fingerprint density at radius 2 is 1.71 bits per heavy atom. The van der Waals surface area contributed by atoms with Crippen LogP contribution in [0.25, 0.3) is 0 Å². The lowest BCUT2D eigenvalue weighted by Gasteiger charge is -2.23. The summed E-state index contributed by atoms with van der Waals surface area (Å²) in [6, 6.07) is 8.88. The molecule has 0 spiro atoms. The topological polar surface area (TPSA) is 119 Å². The highest BCUT2D eigenvalue weighted by Gasteiger charge is 2.29. The molecule has 0 radical (unpaired) electrons.